The highest BCUT2D eigenvalue weighted by molar-refractivity contribution is 7.80. The third-order valence-electron chi connectivity index (χ3n) is 6.12. The molecule has 0 aliphatic carbocycles. The van der Waals surface area contributed by atoms with Crippen molar-refractivity contribution in [3.63, 3.8) is 0 Å². The predicted octanol–water partition coefficient (Wildman–Crippen LogP) is 9.79. The molecule has 0 bridgehead atoms. The van der Waals surface area contributed by atoms with Gasteiger partial charge in [0.25, 0.3) is 0 Å². The van der Waals surface area contributed by atoms with Crippen LogP contribution in [0.25, 0.3) is 12.2 Å². The lowest BCUT2D eigenvalue weighted by Gasteiger charge is -2.04. The van der Waals surface area contributed by atoms with Gasteiger partial charge in [0.1, 0.15) is 0 Å². The molecule has 1 heteroatoms. The van der Waals surface area contributed by atoms with Crippen LogP contribution in [0.1, 0.15) is 107 Å². The van der Waals surface area contributed by atoms with Gasteiger partial charge in [0.05, 0.1) is 0 Å². The average Bonchev–Trinajstić information content (AvgIpc) is 2.81. The highest BCUT2D eigenvalue weighted by Gasteiger charge is 1.96. The van der Waals surface area contributed by atoms with E-state index in [0.29, 0.717) is 0 Å². The maximum Gasteiger partial charge on any atom is -0.00979 e. The summed E-state index contributed by atoms with van der Waals surface area (Å²) in [5.74, 6) is 1.06. The molecule has 31 heavy (non-hydrogen) atoms. The van der Waals surface area contributed by atoms with Crippen LogP contribution < -0.4 is 0 Å². The molecule has 0 aliphatic rings. The van der Waals surface area contributed by atoms with Crippen molar-refractivity contribution in [1.82, 2.24) is 0 Å². The minimum atomic E-state index is 1.06. The monoisotopic (exact) mass is 436 g/mol. The zero-order valence-electron chi connectivity index (χ0n) is 19.6. The van der Waals surface area contributed by atoms with Crippen LogP contribution in [-0.4, -0.2) is 5.75 Å². The molecule has 0 saturated heterocycles. The van der Waals surface area contributed by atoms with Gasteiger partial charge in [-0.1, -0.05) is 144 Å². The molecule has 0 fully saturated rings. The Bertz CT molecular complexity index is 671. The van der Waals surface area contributed by atoms with E-state index < -0.39 is 0 Å². The molecule has 0 atom stereocenters. The van der Waals surface area contributed by atoms with E-state index in [-0.39, 0.29) is 0 Å². The molecule has 0 N–H and O–H groups in total. The molecular weight excluding hydrogens is 392 g/mol. The van der Waals surface area contributed by atoms with E-state index in [0.717, 1.165) is 5.75 Å². The second kappa shape index (κ2) is 18.1. The topological polar surface area (TPSA) is 0 Å². The van der Waals surface area contributed by atoms with Crippen LogP contribution in [0.5, 0.6) is 0 Å². The van der Waals surface area contributed by atoms with Gasteiger partial charge in [-0.3, -0.25) is 0 Å². The summed E-state index contributed by atoms with van der Waals surface area (Å²) in [4.78, 5) is 0. The number of benzene rings is 2. The van der Waals surface area contributed by atoms with Crippen LogP contribution >= 0.6 is 12.6 Å². The Morgan fingerprint density at radius 3 is 1.35 bits per heavy atom. The Morgan fingerprint density at radius 2 is 0.871 bits per heavy atom. The minimum Gasteiger partial charge on any atom is -0.179 e. The molecule has 0 amide bonds. The molecule has 0 radical (unpaired) electrons. The van der Waals surface area contributed by atoms with Gasteiger partial charge in [-0.05, 0) is 41.7 Å². The maximum absolute atomic E-state index is 4.27. The van der Waals surface area contributed by atoms with Crippen LogP contribution in [0.15, 0.2) is 54.6 Å². The van der Waals surface area contributed by atoms with Crippen LogP contribution in [0.3, 0.4) is 0 Å². The summed E-state index contributed by atoms with van der Waals surface area (Å²) in [5, 5.41) is 0. The van der Waals surface area contributed by atoms with Crippen LogP contribution in [0.2, 0.25) is 0 Å². The highest BCUT2D eigenvalue weighted by atomic mass is 32.1. The average molecular weight is 437 g/mol. The van der Waals surface area contributed by atoms with E-state index in [4.69, 9.17) is 0 Å². The first-order valence-corrected chi connectivity index (χ1v) is 13.4. The van der Waals surface area contributed by atoms with Crippen molar-refractivity contribution in [2.45, 2.75) is 96.3 Å². The van der Waals surface area contributed by atoms with Crippen LogP contribution in [0.4, 0.5) is 0 Å². The van der Waals surface area contributed by atoms with Crippen molar-refractivity contribution >= 4 is 24.8 Å². The normalized spacial score (nSPS) is 11.4. The Kier molecular flexibility index (Phi) is 15.1. The van der Waals surface area contributed by atoms with Crippen molar-refractivity contribution in [2.75, 3.05) is 5.75 Å². The predicted molar refractivity (Wildman–Crippen MR) is 144 cm³/mol. The molecule has 0 aliphatic heterocycles. The molecule has 0 heterocycles. The first kappa shape index (κ1) is 25.8. The largest absolute Gasteiger partial charge is 0.179 e. The van der Waals surface area contributed by atoms with Gasteiger partial charge in [-0.2, -0.15) is 12.6 Å². The first-order valence-electron chi connectivity index (χ1n) is 12.8. The summed E-state index contributed by atoms with van der Waals surface area (Å²) >= 11 is 4.27. The molecule has 0 nitrogen and oxygen atoms in total. The van der Waals surface area contributed by atoms with E-state index >= 15 is 0 Å². The Labute approximate surface area is 198 Å². The second-order valence-electron chi connectivity index (χ2n) is 8.91. The third-order valence-corrected chi connectivity index (χ3v) is 6.44. The fourth-order valence-electron chi connectivity index (χ4n) is 4.11. The molecule has 170 valence electrons. The minimum absolute atomic E-state index is 1.06. The van der Waals surface area contributed by atoms with Gasteiger partial charge in [0.15, 0.2) is 0 Å². The highest BCUT2D eigenvalue weighted by Crippen LogP contribution is 2.15. The van der Waals surface area contributed by atoms with E-state index in [2.05, 4.69) is 79.4 Å². The van der Waals surface area contributed by atoms with Gasteiger partial charge in [0.2, 0.25) is 0 Å². The van der Waals surface area contributed by atoms with Crippen molar-refractivity contribution in [3.05, 3.63) is 71.3 Å². The van der Waals surface area contributed by atoms with E-state index in [1.807, 2.05) is 0 Å². The maximum atomic E-state index is 4.27. The van der Waals surface area contributed by atoms with Crippen molar-refractivity contribution in [1.29, 1.82) is 0 Å². The molecule has 2 aromatic carbocycles. The summed E-state index contributed by atoms with van der Waals surface area (Å²) < 4.78 is 0. The van der Waals surface area contributed by atoms with E-state index in [1.54, 1.807) is 0 Å². The van der Waals surface area contributed by atoms with Gasteiger partial charge in [-0.25, -0.2) is 0 Å². The summed E-state index contributed by atoms with van der Waals surface area (Å²) in [7, 11) is 0. The van der Waals surface area contributed by atoms with Gasteiger partial charge in [-0.15, -0.1) is 0 Å². The fraction of sp³-hybridized carbons (Fsp3) is 0.533. The van der Waals surface area contributed by atoms with Gasteiger partial charge in [0, 0.05) is 0 Å². The number of hydrogen-bond acceptors (Lipinski definition) is 1. The van der Waals surface area contributed by atoms with Crippen molar-refractivity contribution in [3.8, 4) is 0 Å². The van der Waals surface area contributed by atoms with Crippen molar-refractivity contribution in [2.24, 2.45) is 0 Å². The van der Waals surface area contributed by atoms with E-state index in [9.17, 15) is 0 Å². The number of aryl methyl sites for hydroxylation is 1. The van der Waals surface area contributed by atoms with Gasteiger partial charge >= 0.3 is 0 Å². The van der Waals surface area contributed by atoms with E-state index in [1.165, 1.54) is 113 Å². The lowest BCUT2D eigenvalue weighted by atomic mass is 10.0. The zero-order valence-corrected chi connectivity index (χ0v) is 20.5. The second-order valence-corrected chi connectivity index (χ2v) is 9.36. The van der Waals surface area contributed by atoms with Crippen LogP contribution in [-0.2, 0) is 6.42 Å². The molecule has 0 unspecified atom stereocenters. The molecular formula is C30H44S. The summed E-state index contributed by atoms with van der Waals surface area (Å²) in [6.45, 7) is 0. The first-order chi connectivity index (χ1) is 15.4. The molecule has 2 aromatic rings. The standard InChI is InChI=1S/C30H44S/c31-27-17-12-10-8-6-4-2-1-3-5-7-9-11-14-20-29-22-25-30(26-23-29)24-21-28-18-15-13-16-19-28/h13,15-16,18-19,21-26,31H,1-12,14,17,20,27H2/b24-21+. The quantitative estimate of drug-likeness (QED) is 0.134. The van der Waals surface area contributed by atoms with Gasteiger partial charge < -0.3 is 0 Å². The Hall–Kier alpha value is -1.47. The Balaban J connectivity index is 1.41. The SMILES string of the molecule is SCCCCCCCCCCCCCCCCc1ccc(/C=C/c2ccccc2)cc1. The fourth-order valence-corrected chi connectivity index (χ4v) is 4.34. The number of unbranched alkanes of at least 4 members (excludes halogenated alkanes) is 13. The molecule has 0 aromatic heterocycles. The Morgan fingerprint density at radius 1 is 0.452 bits per heavy atom. The lowest BCUT2D eigenvalue weighted by Crippen LogP contribution is -1.87. The number of thiol groups is 1. The molecule has 0 saturated carbocycles. The lowest BCUT2D eigenvalue weighted by molar-refractivity contribution is 0.536. The number of hydrogen-bond donors (Lipinski definition) is 1. The summed E-state index contributed by atoms with van der Waals surface area (Å²) in [5.41, 5.74) is 4.01. The van der Waals surface area contributed by atoms with Crippen LogP contribution in [0, 0.1) is 0 Å². The number of rotatable bonds is 18. The molecule has 2 rings (SSSR count). The zero-order chi connectivity index (χ0) is 21.8. The smallest absolute Gasteiger partial charge is 0.00979 e. The summed E-state index contributed by atoms with van der Waals surface area (Å²) in [6, 6.07) is 19.6. The molecule has 0 spiro atoms. The van der Waals surface area contributed by atoms with Crippen molar-refractivity contribution < 1.29 is 0 Å². The summed E-state index contributed by atoms with van der Waals surface area (Å²) in [6.07, 6.45) is 25.3. The third kappa shape index (κ3) is 13.5.